The van der Waals surface area contributed by atoms with Gasteiger partial charge in [-0.2, -0.15) is 0 Å². The van der Waals surface area contributed by atoms with Crippen LogP contribution in [0.4, 0.5) is 9.18 Å². The molecule has 1 rings (SSSR count). The van der Waals surface area contributed by atoms with E-state index in [0.29, 0.717) is 13.0 Å². The molecule has 0 bridgehead atoms. The number of nitrogens with zero attached hydrogens (tertiary/aromatic N) is 1. The van der Waals surface area contributed by atoms with E-state index >= 15 is 0 Å². The summed E-state index contributed by atoms with van der Waals surface area (Å²) >= 11 is 0. The van der Waals surface area contributed by atoms with E-state index in [-0.39, 0.29) is 6.04 Å². The highest BCUT2D eigenvalue weighted by atomic mass is 19.1. The van der Waals surface area contributed by atoms with Crippen LogP contribution in [0.5, 0.6) is 0 Å². The second-order valence-corrected chi connectivity index (χ2v) is 4.09. The van der Waals surface area contributed by atoms with Gasteiger partial charge in [-0.3, -0.25) is 0 Å². The third kappa shape index (κ3) is 4.46. The molecule has 1 saturated heterocycles. The number of carbonyl (C=O) groups is 1. The minimum Gasteiger partial charge on any atom is -0.352 e. The third-order valence-corrected chi connectivity index (χ3v) is 2.83. The molecular formula is C10H20FN3O. The summed E-state index contributed by atoms with van der Waals surface area (Å²) in [5.74, 6) is 0. The minimum absolute atomic E-state index is 0.165. The summed E-state index contributed by atoms with van der Waals surface area (Å²) < 4.78 is 13.1. The molecule has 1 heterocycles. The van der Waals surface area contributed by atoms with Crippen molar-refractivity contribution in [1.82, 2.24) is 10.2 Å². The summed E-state index contributed by atoms with van der Waals surface area (Å²) in [6.07, 6.45) is 1.56. The van der Waals surface area contributed by atoms with Crippen LogP contribution in [0.25, 0.3) is 0 Å². The highest BCUT2D eigenvalue weighted by Gasteiger charge is 2.21. The number of carbonyl (C=O) groups excluding carboxylic acids is 1. The van der Waals surface area contributed by atoms with Crippen LogP contribution in [0, 0.1) is 0 Å². The molecule has 0 aromatic rings. The van der Waals surface area contributed by atoms with Crippen molar-refractivity contribution >= 4 is 6.03 Å². The second kappa shape index (κ2) is 5.90. The number of hydrogen-bond donors (Lipinski definition) is 2. The van der Waals surface area contributed by atoms with Gasteiger partial charge in [-0.15, -0.1) is 0 Å². The first-order chi connectivity index (χ1) is 7.11. The van der Waals surface area contributed by atoms with Crippen LogP contribution in [-0.4, -0.2) is 42.8 Å². The van der Waals surface area contributed by atoms with Crippen LogP contribution in [0.3, 0.4) is 0 Å². The summed E-state index contributed by atoms with van der Waals surface area (Å²) in [5, 5.41) is 2.69. The molecule has 0 spiro atoms. The lowest BCUT2D eigenvalue weighted by Crippen LogP contribution is -2.47. The van der Waals surface area contributed by atoms with Crippen molar-refractivity contribution in [2.75, 3.05) is 19.6 Å². The number of primary amides is 1. The number of urea groups is 1. The zero-order chi connectivity index (χ0) is 11.3. The van der Waals surface area contributed by atoms with E-state index in [1.807, 2.05) is 6.92 Å². The lowest BCUT2D eigenvalue weighted by molar-refractivity contribution is 0.149. The summed E-state index contributed by atoms with van der Waals surface area (Å²) in [5.41, 5.74) is 5.04. The van der Waals surface area contributed by atoms with E-state index in [4.69, 9.17) is 5.73 Å². The number of piperidine rings is 1. The zero-order valence-corrected chi connectivity index (χ0v) is 9.21. The molecule has 4 nitrogen and oxygen atoms in total. The molecule has 0 saturated carbocycles. The van der Waals surface area contributed by atoms with E-state index < -0.39 is 12.2 Å². The number of nitrogens with one attached hydrogen (secondary N) is 1. The molecule has 0 aliphatic carbocycles. The molecular weight excluding hydrogens is 197 g/mol. The molecule has 1 atom stereocenters. The van der Waals surface area contributed by atoms with Crippen LogP contribution in [-0.2, 0) is 0 Å². The fourth-order valence-corrected chi connectivity index (χ4v) is 1.87. The molecule has 5 heteroatoms. The first kappa shape index (κ1) is 12.2. The van der Waals surface area contributed by atoms with Gasteiger partial charge in [0.2, 0.25) is 0 Å². The molecule has 0 radical (unpaired) electrons. The summed E-state index contributed by atoms with van der Waals surface area (Å²) in [7, 11) is 0. The smallest absolute Gasteiger partial charge is 0.312 e. The lowest BCUT2D eigenvalue weighted by atomic mass is 10.0. The quantitative estimate of drug-likeness (QED) is 0.734. The van der Waals surface area contributed by atoms with Gasteiger partial charge >= 0.3 is 6.03 Å². The lowest BCUT2D eigenvalue weighted by Gasteiger charge is -2.32. The van der Waals surface area contributed by atoms with E-state index in [2.05, 4.69) is 10.2 Å². The zero-order valence-electron chi connectivity index (χ0n) is 9.21. The maximum atomic E-state index is 13.1. The Morgan fingerprint density at radius 2 is 2.20 bits per heavy atom. The van der Waals surface area contributed by atoms with Crippen LogP contribution in [0.1, 0.15) is 26.2 Å². The third-order valence-electron chi connectivity index (χ3n) is 2.83. The Balaban J connectivity index is 2.20. The topological polar surface area (TPSA) is 58.4 Å². The summed E-state index contributed by atoms with van der Waals surface area (Å²) in [6, 6.07) is -0.302. The average Bonchev–Trinajstić information content (AvgIpc) is 2.20. The number of amides is 2. The average molecular weight is 217 g/mol. The maximum absolute atomic E-state index is 13.1. The van der Waals surface area contributed by atoms with Gasteiger partial charge in [0, 0.05) is 25.7 Å². The first-order valence-corrected chi connectivity index (χ1v) is 5.54. The molecule has 1 aliphatic heterocycles. The van der Waals surface area contributed by atoms with Crippen molar-refractivity contribution in [3.8, 4) is 0 Å². The Bertz CT molecular complexity index is 205. The van der Waals surface area contributed by atoms with Crippen molar-refractivity contribution < 1.29 is 9.18 Å². The van der Waals surface area contributed by atoms with Crippen molar-refractivity contribution in [2.45, 2.75) is 38.4 Å². The number of halogens is 1. The molecule has 1 fully saturated rings. The maximum Gasteiger partial charge on any atom is 0.312 e. The van der Waals surface area contributed by atoms with Crippen molar-refractivity contribution in [2.24, 2.45) is 5.73 Å². The van der Waals surface area contributed by atoms with Crippen LogP contribution < -0.4 is 11.1 Å². The van der Waals surface area contributed by atoms with Gasteiger partial charge in [-0.1, -0.05) is 6.92 Å². The van der Waals surface area contributed by atoms with Crippen molar-refractivity contribution in [3.05, 3.63) is 0 Å². The number of nitrogens with two attached hydrogens (primary N) is 1. The predicted octanol–water partition coefficient (Wildman–Crippen LogP) is 0.867. The highest BCUT2D eigenvalue weighted by Crippen LogP contribution is 2.12. The van der Waals surface area contributed by atoms with E-state index in [9.17, 15) is 9.18 Å². The molecule has 3 N–H and O–H groups in total. The molecule has 15 heavy (non-hydrogen) atoms. The first-order valence-electron chi connectivity index (χ1n) is 5.54. The molecule has 1 aliphatic rings. The standard InChI is InChI=1S/C10H20FN3O/c1-2-8(11)7-14-5-3-9(4-6-14)13-10(12)15/h8-9H,2-7H2,1H3,(H3,12,13,15). The van der Waals surface area contributed by atoms with E-state index in [1.165, 1.54) is 0 Å². The molecule has 0 aromatic heterocycles. The van der Waals surface area contributed by atoms with Gasteiger partial charge in [-0.05, 0) is 19.3 Å². The van der Waals surface area contributed by atoms with Gasteiger partial charge < -0.3 is 16.0 Å². The van der Waals surface area contributed by atoms with Gasteiger partial charge in [0.1, 0.15) is 6.17 Å². The summed E-state index contributed by atoms with van der Waals surface area (Å²) in [6.45, 7) is 4.04. The Morgan fingerprint density at radius 3 is 2.67 bits per heavy atom. The van der Waals surface area contributed by atoms with E-state index in [0.717, 1.165) is 25.9 Å². The molecule has 88 valence electrons. The van der Waals surface area contributed by atoms with Gasteiger partial charge in [0.05, 0.1) is 0 Å². The fraction of sp³-hybridized carbons (Fsp3) is 0.900. The second-order valence-electron chi connectivity index (χ2n) is 4.09. The van der Waals surface area contributed by atoms with Crippen molar-refractivity contribution in [3.63, 3.8) is 0 Å². The SMILES string of the molecule is CCC(F)CN1CCC(NC(N)=O)CC1. The van der Waals surface area contributed by atoms with Crippen LogP contribution in [0.15, 0.2) is 0 Å². The Morgan fingerprint density at radius 1 is 1.60 bits per heavy atom. The Kier molecular flexibility index (Phi) is 4.81. The van der Waals surface area contributed by atoms with Gasteiger partial charge in [0.25, 0.3) is 0 Å². The van der Waals surface area contributed by atoms with Crippen molar-refractivity contribution in [1.29, 1.82) is 0 Å². The molecule has 2 amide bonds. The largest absolute Gasteiger partial charge is 0.352 e. The number of alkyl halides is 1. The van der Waals surface area contributed by atoms with Crippen LogP contribution in [0.2, 0.25) is 0 Å². The van der Waals surface area contributed by atoms with Gasteiger partial charge in [0.15, 0.2) is 0 Å². The number of hydrogen-bond acceptors (Lipinski definition) is 2. The molecule has 0 aromatic carbocycles. The minimum atomic E-state index is -0.731. The van der Waals surface area contributed by atoms with Crippen LogP contribution >= 0.6 is 0 Å². The monoisotopic (exact) mass is 217 g/mol. The number of likely N-dealkylation sites (tertiary alicyclic amines) is 1. The van der Waals surface area contributed by atoms with Gasteiger partial charge in [-0.25, -0.2) is 9.18 Å². The normalized spacial score (nSPS) is 21.2. The Hall–Kier alpha value is -0.840. The molecule has 1 unspecified atom stereocenters. The fourth-order valence-electron chi connectivity index (χ4n) is 1.87. The Labute approximate surface area is 90.0 Å². The number of rotatable bonds is 4. The highest BCUT2D eigenvalue weighted by molar-refractivity contribution is 5.71. The summed E-state index contributed by atoms with van der Waals surface area (Å²) in [4.78, 5) is 12.7. The van der Waals surface area contributed by atoms with E-state index in [1.54, 1.807) is 0 Å². The predicted molar refractivity (Wildman–Crippen MR) is 57.4 cm³/mol.